The quantitative estimate of drug-likeness (QED) is 0.648. The number of fused-ring (bicyclic) bond motifs is 1. The Morgan fingerprint density at radius 2 is 1.90 bits per heavy atom. The summed E-state index contributed by atoms with van der Waals surface area (Å²) in [5.74, 6) is 0.959. The number of ether oxygens (including phenoxy) is 1. The number of hydrogen-bond acceptors (Lipinski definition) is 1. The Morgan fingerprint density at radius 3 is 2.75 bits per heavy atom. The van der Waals surface area contributed by atoms with Gasteiger partial charge in [0.2, 0.25) is 0 Å². The topological polar surface area (TPSA) is 9.23 Å². The van der Waals surface area contributed by atoms with Gasteiger partial charge in [-0.05, 0) is 53.8 Å². The number of hydrogen-bond donors (Lipinski definition) is 0. The van der Waals surface area contributed by atoms with Crippen molar-refractivity contribution in [2.75, 3.05) is 6.61 Å². The summed E-state index contributed by atoms with van der Waals surface area (Å²) >= 11 is 18.8. The lowest BCUT2D eigenvalue weighted by molar-refractivity contribution is 0.288. The van der Waals surface area contributed by atoms with Gasteiger partial charge in [-0.1, -0.05) is 35.3 Å². The minimum Gasteiger partial charge on any atom is -0.493 e. The van der Waals surface area contributed by atoms with Crippen LogP contribution in [0, 0.1) is 0 Å². The molecule has 0 N–H and O–H groups in total. The Morgan fingerprint density at radius 1 is 1.05 bits per heavy atom. The molecule has 0 amide bonds. The fraction of sp³-hybridized carbons (Fsp3) is 0.250. The first-order chi connectivity index (χ1) is 9.65. The van der Waals surface area contributed by atoms with Crippen LogP contribution in [0.4, 0.5) is 0 Å². The maximum atomic E-state index is 6.57. The van der Waals surface area contributed by atoms with Gasteiger partial charge in [-0.2, -0.15) is 0 Å². The predicted molar refractivity (Wildman–Crippen MR) is 84.4 cm³/mol. The minimum atomic E-state index is -0.312. The molecule has 1 nitrogen and oxygen atoms in total. The number of benzene rings is 2. The summed E-state index contributed by atoms with van der Waals surface area (Å²) in [6.07, 6.45) is 2.07. The predicted octanol–water partition coefficient (Wildman–Crippen LogP) is 5.65. The standard InChI is InChI=1S/C16H13Cl3O/c17-12-4-5-14(18)13(9-12)16(19)11-3-6-15-10(8-11)2-1-7-20-15/h3-6,8-9,16H,1-2,7H2. The first-order valence-electron chi connectivity index (χ1n) is 6.50. The van der Waals surface area contributed by atoms with Crippen molar-refractivity contribution in [1.29, 1.82) is 0 Å². The molecule has 0 bridgehead atoms. The molecule has 3 rings (SSSR count). The summed E-state index contributed by atoms with van der Waals surface area (Å²) in [6.45, 7) is 0.788. The molecule has 0 saturated heterocycles. The van der Waals surface area contributed by atoms with Gasteiger partial charge in [0.05, 0.1) is 12.0 Å². The van der Waals surface area contributed by atoms with Gasteiger partial charge in [-0.15, -0.1) is 11.6 Å². The number of alkyl halides is 1. The second-order valence-corrected chi connectivity index (χ2v) is 6.13. The van der Waals surface area contributed by atoms with Gasteiger partial charge in [-0.25, -0.2) is 0 Å². The molecule has 2 aromatic rings. The van der Waals surface area contributed by atoms with E-state index < -0.39 is 0 Å². The Balaban J connectivity index is 1.97. The molecule has 0 aliphatic carbocycles. The third-order valence-electron chi connectivity index (χ3n) is 3.46. The van der Waals surface area contributed by atoms with Crippen LogP contribution in [0.1, 0.15) is 28.5 Å². The maximum Gasteiger partial charge on any atom is 0.122 e. The number of halogens is 3. The van der Waals surface area contributed by atoms with Crippen LogP contribution in [-0.2, 0) is 6.42 Å². The largest absolute Gasteiger partial charge is 0.493 e. The van der Waals surface area contributed by atoms with E-state index in [9.17, 15) is 0 Å². The molecule has 1 aliphatic heterocycles. The van der Waals surface area contributed by atoms with Gasteiger partial charge in [0.25, 0.3) is 0 Å². The molecule has 1 aliphatic rings. The molecular weight excluding hydrogens is 315 g/mol. The average Bonchev–Trinajstić information content (AvgIpc) is 2.48. The molecule has 0 fully saturated rings. The van der Waals surface area contributed by atoms with Crippen LogP contribution in [0.3, 0.4) is 0 Å². The summed E-state index contributed by atoms with van der Waals surface area (Å²) in [4.78, 5) is 0. The second-order valence-electron chi connectivity index (χ2n) is 4.85. The molecule has 1 heterocycles. The van der Waals surface area contributed by atoms with E-state index in [0.717, 1.165) is 36.3 Å². The Labute approximate surface area is 133 Å². The van der Waals surface area contributed by atoms with Crippen LogP contribution < -0.4 is 4.74 Å². The molecule has 0 aromatic heterocycles. The van der Waals surface area contributed by atoms with Gasteiger partial charge < -0.3 is 4.74 Å². The van der Waals surface area contributed by atoms with Gasteiger partial charge in [-0.3, -0.25) is 0 Å². The molecule has 20 heavy (non-hydrogen) atoms. The fourth-order valence-electron chi connectivity index (χ4n) is 2.43. The van der Waals surface area contributed by atoms with Crippen molar-refractivity contribution in [3.63, 3.8) is 0 Å². The Hall–Kier alpha value is -0.890. The number of rotatable bonds is 2. The van der Waals surface area contributed by atoms with Crippen LogP contribution >= 0.6 is 34.8 Å². The van der Waals surface area contributed by atoms with Gasteiger partial charge >= 0.3 is 0 Å². The summed E-state index contributed by atoms with van der Waals surface area (Å²) in [5, 5.41) is 0.952. The van der Waals surface area contributed by atoms with Crippen LogP contribution in [0.15, 0.2) is 36.4 Å². The van der Waals surface area contributed by atoms with E-state index in [4.69, 9.17) is 39.5 Å². The third kappa shape index (κ3) is 2.76. The van der Waals surface area contributed by atoms with Crippen molar-refractivity contribution >= 4 is 34.8 Å². The van der Waals surface area contributed by atoms with E-state index in [0.29, 0.717) is 10.0 Å². The molecule has 0 radical (unpaired) electrons. The highest BCUT2D eigenvalue weighted by atomic mass is 35.5. The van der Waals surface area contributed by atoms with Crippen molar-refractivity contribution in [2.45, 2.75) is 18.2 Å². The Kier molecular flexibility index (Phi) is 4.11. The van der Waals surface area contributed by atoms with E-state index in [1.54, 1.807) is 12.1 Å². The fourth-order valence-corrected chi connectivity index (χ4v) is 3.21. The monoisotopic (exact) mass is 326 g/mol. The highest BCUT2D eigenvalue weighted by molar-refractivity contribution is 6.35. The zero-order chi connectivity index (χ0) is 14.1. The average molecular weight is 328 g/mol. The zero-order valence-electron chi connectivity index (χ0n) is 10.7. The van der Waals surface area contributed by atoms with Crippen molar-refractivity contribution < 1.29 is 4.74 Å². The molecule has 1 unspecified atom stereocenters. The highest BCUT2D eigenvalue weighted by Gasteiger charge is 2.18. The minimum absolute atomic E-state index is 0.312. The van der Waals surface area contributed by atoms with Crippen molar-refractivity contribution in [2.24, 2.45) is 0 Å². The van der Waals surface area contributed by atoms with E-state index in [-0.39, 0.29) is 5.38 Å². The van der Waals surface area contributed by atoms with E-state index in [2.05, 4.69) is 6.07 Å². The van der Waals surface area contributed by atoms with Crippen molar-refractivity contribution in [3.8, 4) is 5.75 Å². The Bertz CT molecular complexity index is 640. The molecule has 0 spiro atoms. The lowest BCUT2D eigenvalue weighted by Crippen LogP contribution is -2.09. The van der Waals surface area contributed by atoms with Crippen LogP contribution in [0.5, 0.6) is 5.75 Å². The van der Waals surface area contributed by atoms with Gasteiger partial charge in [0.15, 0.2) is 0 Å². The lowest BCUT2D eigenvalue weighted by atomic mass is 9.98. The van der Waals surface area contributed by atoms with Gasteiger partial charge in [0.1, 0.15) is 5.75 Å². The SMILES string of the molecule is Clc1ccc(Cl)c(C(Cl)c2ccc3c(c2)CCCO3)c1. The maximum absolute atomic E-state index is 6.57. The van der Waals surface area contributed by atoms with E-state index in [1.807, 2.05) is 18.2 Å². The molecular formula is C16H13Cl3O. The van der Waals surface area contributed by atoms with Crippen LogP contribution in [0.25, 0.3) is 0 Å². The van der Waals surface area contributed by atoms with Gasteiger partial charge in [0, 0.05) is 10.0 Å². The summed E-state index contributed by atoms with van der Waals surface area (Å²) in [6, 6.07) is 11.4. The molecule has 0 saturated carbocycles. The van der Waals surface area contributed by atoms with Crippen molar-refractivity contribution in [1.82, 2.24) is 0 Å². The summed E-state index contributed by atoms with van der Waals surface area (Å²) in [5.41, 5.74) is 3.05. The normalized spacial score (nSPS) is 15.3. The first-order valence-corrected chi connectivity index (χ1v) is 7.69. The smallest absolute Gasteiger partial charge is 0.122 e. The van der Waals surface area contributed by atoms with E-state index in [1.165, 1.54) is 5.56 Å². The summed E-state index contributed by atoms with van der Waals surface area (Å²) < 4.78 is 5.62. The van der Waals surface area contributed by atoms with Crippen LogP contribution in [0.2, 0.25) is 10.0 Å². The molecule has 4 heteroatoms. The van der Waals surface area contributed by atoms with Crippen LogP contribution in [-0.4, -0.2) is 6.61 Å². The highest BCUT2D eigenvalue weighted by Crippen LogP contribution is 2.37. The second kappa shape index (κ2) is 5.85. The molecule has 2 aromatic carbocycles. The third-order valence-corrected chi connectivity index (χ3v) is 4.52. The number of aryl methyl sites for hydroxylation is 1. The zero-order valence-corrected chi connectivity index (χ0v) is 13.0. The van der Waals surface area contributed by atoms with Crippen molar-refractivity contribution in [3.05, 3.63) is 63.1 Å². The molecule has 1 atom stereocenters. The first kappa shape index (κ1) is 14.1. The van der Waals surface area contributed by atoms with E-state index >= 15 is 0 Å². The summed E-state index contributed by atoms with van der Waals surface area (Å²) in [7, 11) is 0. The molecule has 104 valence electrons. The lowest BCUT2D eigenvalue weighted by Gasteiger charge is -2.20.